The number of benzene rings is 2. The number of amides is 1. The molecular weight excluding hydrogens is 329 g/mol. The van der Waals surface area contributed by atoms with Crippen LogP contribution in [0, 0.1) is 12.7 Å². The van der Waals surface area contributed by atoms with Crippen LogP contribution in [0.1, 0.15) is 23.1 Å². The molecule has 0 unspecified atom stereocenters. The molecule has 0 spiro atoms. The second-order valence-corrected chi connectivity index (χ2v) is 5.71. The quantitative estimate of drug-likeness (QED) is 0.737. The van der Waals surface area contributed by atoms with Crippen LogP contribution in [0.15, 0.2) is 48.5 Å². The standard InChI is InChI=1S/C19H19ClFNO2/c1-14-11-16(18(21)12-17(14)20)9-5-6-10-22-19(23)24-13-15-7-3-2-4-8-15/h2-5,7-9,11-12H,6,10,13H2,1H3,(H,22,23). The van der Waals surface area contributed by atoms with Crippen LogP contribution in [-0.4, -0.2) is 12.6 Å². The largest absolute Gasteiger partial charge is 0.445 e. The van der Waals surface area contributed by atoms with Crippen LogP contribution in [0.4, 0.5) is 9.18 Å². The zero-order chi connectivity index (χ0) is 17.4. The minimum absolute atomic E-state index is 0.234. The van der Waals surface area contributed by atoms with Crippen molar-refractivity contribution in [2.24, 2.45) is 0 Å². The molecule has 2 rings (SSSR count). The van der Waals surface area contributed by atoms with Gasteiger partial charge < -0.3 is 10.1 Å². The summed E-state index contributed by atoms with van der Waals surface area (Å²) >= 11 is 5.85. The zero-order valence-corrected chi connectivity index (χ0v) is 14.1. The third kappa shape index (κ3) is 5.70. The SMILES string of the molecule is Cc1cc(C=CCCNC(=O)OCc2ccccc2)c(F)cc1Cl. The Morgan fingerprint density at radius 2 is 2.04 bits per heavy atom. The number of halogens is 2. The molecule has 0 bridgehead atoms. The van der Waals surface area contributed by atoms with Crippen molar-refractivity contribution in [2.75, 3.05) is 6.54 Å². The van der Waals surface area contributed by atoms with Crippen molar-refractivity contribution in [3.8, 4) is 0 Å². The summed E-state index contributed by atoms with van der Waals surface area (Å²) < 4.78 is 18.8. The second-order valence-electron chi connectivity index (χ2n) is 5.30. The highest BCUT2D eigenvalue weighted by Crippen LogP contribution is 2.20. The Labute approximate surface area is 146 Å². The van der Waals surface area contributed by atoms with E-state index in [1.807, 2.05) is 37.3 Å². The number of aryl methyl sites for hydroxylation is 1. The second kappa shape index (κ2) is 9.08. The van der Waals surface area contributed by atoms with Gasteiger partial charge in [-0.25, -0.2) is 9.18 Å². The summed E-state index contributed by atoms with van der Waals surface area (Å²) in [4.78, 5) is 11.6. The molecule has 5 heteroatoms. The van der Waals surface area contributed by atoms with Crippen LogP contribution in [0.5, 0.6) is 0 Å². The van der Waals surface area contributed by atoms with E-state index in [1.165, 1.54) is 6.07 Å². The minimum atomic E-state index is -0.472. The predicted octanol–water partition coefficient (Wildman–Crippen LogP) is 5.12. The van der Waals surface area contributed by atoms with Crippen molar-refractivity contribution in [2.45, 2.75) is 20.0 Å². The van der Waals surface area contributed by atoms with Gasteiger partial charge in [-0.05, 0) is 36.6 Å². The molecule has 2 aromatic rings. The fourth-order valence-corrected chi connectivity index (χ4v) is 2.20. The Hall–Kier alpha value is -2.33. The first-order valence-electron chi connectivity index (χ1n) is 7.63. The maximum atomic E-state index is 13.7. The number of hydrogen-bond acceptors (Lipinski definition) is 2. The van der Waals surface area contributed by atoms with Crippen LogP contribution >= 0.6 is 11.6 Å². The van der Waals surface area contributed by atoms with E-state index in [-0.39, 0.29) is 12.4 Å². The summed E-state index contributed by atoms with van der Waals surface area (Å²) in [5, 5.41) is 3.06. The summed E-state index contributed by atoms with van der Waals surface area (Å²) in [5.74, 6) is -0.364. The Morgan fingerprint density at radius 3 is 2.79 bits per heavy atom. The van der Waals surface area contributed by atoms with E-state index in [9.17, 15) is 9.18 Å². The van der Waals surface area contributed by atoms with Crippen molar-refractivity contribution in [1.82, 2.24) is 5.32 Å². The number of carbonyl (C=O) groups excluding carboxylic acids is 1. The zero-order valence-electron chi connectivity index (χ0n) is 13.4. The molecule has 2 aromatic carbocycles. The number of carbonyl (C=O) groups is 1. The van der Waals surface area contributed by atoms with Gasteiger partial charge in [0.25, 0.3) is 0 Å². The van der Waals surface area contributed by atoms with Gasteiger partial charge in [0.1, 0.15) is 12.4 Å². The van der Waals surface area contributed by atoms with Gasteiger partial charge in [-0.1, -0.05) is 54.1 Å². The van der Waals surface area contributed by atoms with Crippen molar-refractivity contribution in [3.05, 3.63) is 76.1 Å². The molecule has 0 aliphatic carbocycles. The summed E-state index contributed by atoms with van der Waals surface area (Å²) in [6.45, 7) is 2.47. The third-order valence-corrected chi connectivity index (χ3v) is 3.78. The highest BCUT2D eigenvalue weighted by atomic mass is 35.5. The minimum Gasteiger partial charge on any atom is -0.445 e. The van der Waals surface area contributed by atoms with Crippen molar-refractivity contribution in [1.29, 1.82) is 0 Å². The normalized spacial score (nSPS) is 10.8. The first-order valence-corrected chi connectivity index (χ1v) is 8.01. The highest BCUT2D eigenvalue weighted by Gasteiger charge is 2.03. The van der Waals surface area contributed by atoms with Crippen molar-refractivity contribution in [3.63, 3.8) is 0 Å². The Bertz CT molecular complexity index is 717. The van der Waals surface area contributed by atoms with Crippen molar-refractivity contribution >= 4 is 23.8 Å². The molecule has 126 valence electrons. The summed E-state index contributed by atoms with van der Waals surface area (Å²) in [6, 6.07) is 12.4. The summed E-state index contributed by atoms with van der Waals surface area (Å²) in [5.41, 5.74) is 2.23. The van der Waals surface area contributed by atoms with Gasteiger partial charge in [-0.3, -0.25) is 0 Å². The topological polar surface area (TPSA) is 38.3 Å². The fourth-order valence-electron chi connectivity index (χ4n) is 2.05. The maximum Gasteiger partial charge on any atom is 0.407 e. The molecule has 1 amide bonds. The van der Waals surface area contributed by atoms with E-state index in [4.69, 9.17) is 16.3 Å². The fraction of sp³-hybridized carbons (Fsp3) is 0.211. The number of ether oxygens (including phenoxy) is 1. The lowest BCUT2D eigenvalue weighted by atomic mass is 10.1. The van der Waals surface area contributed by atoms with Gasteiger partial charge in [-0.15, -0.1) is 0 Å². The van der Waals surface area contributed by atoms with Gasteiger partial charge in [0.05, 0.1) is 0 Å². The summed E-state index contributed by atoms with van der Waals surface area (Å²) in [7, 11) is 0. The van der Waals surface area contributed by atoms with E-state index in [0.29, 0.717) is 23.6 Å². The molecule has 0 saturated carbocycles. The molecular formula is C19H19ClFNO2. The van der Waals surface area contributed by atoms with Gasteiger partial charge in [-0.2, -0.15) is 0 Å². The molecule has 0 aromatic heterocycles. The van der Waals surface area contributed by atoms with Crippen LogP contribution in [0.25, 0.3) is 6.08 Å². The lowest BCUT2D eigenvalue weighted by molar-refractivity contribution is 0.140. The van der Waals surface area contributed by atoms with Crippen LogP contribution in [0.3, 0.4) is 0 Å². The van der Waals surface area contributed by atoms with E-state index in [2.05, 4.69) is 5.32 Å². The molecule has 0 aliphatic heterocycles. The van der Waals surface area contributed by atoms with Gasteiger partial charge in [0, 0.05) is 17.1 Å². The van der Waals surface area contributed by atoms with Crippen molar-refractivity contribution < 1.29 is 13.9 Å². The molecule has 0 saturated heterocycles. The highest BCUT2D eigenvalue weighted by molar-refractivity contribution is 6.31. The number of alkyl carbamates (subject to hydrolysis) is 1. The number of rotatable bonds is 6. The maximum absolute atomic E-state index is 13.7. The number of nitrogens with one attached hydrogen (secondary N) is 1. The lowest BCUT2D eigenvalue weighted by Crippen LogP contribution is -2.24. The molecule has 0 atom stereocenters. The van der Waals surface area contributed by atoms with Gasteiger partial charge in [0.2, 0.25) is 0 Å². The number of hydrogen-bond donors (Lipinski definition) is 1. The summed E-state index contributed by atoms with van der Waals surface area (Å²) in [6.07, 6.45) is 3.57. The van der Waals surface area contributed by atoms with Crippen LogP contribution < -0.4 is 5.32 Å². The van der Waals surface area contributed by atoms with E-state index in [0.717, 1.165) is 11.1 Å². The average molecular weight is 348 g/mol. The van der Waals surface area contributed by atoms with Gasteiger partial charge >= 0.3 is 6.09 Å². The molecule has 24 heavy (non-hydrogen) atoms. The molecule has 1 N–H and O–H groups in total. The third-order valence-electron chi connectivity index (χ3n) is 3.37. The first kappa shape index (κ1) is 18.0. The molecule has 3 nitrogen and oxygen atoms in total. The van der Waals surface area contributed by atoms with Crippen LogP contribution in [-0.2, 0) is 11.3 Å². The molecule has 0 radical (unpaired) electrons. The molecule has 0 aliphatic rings. The first-order chi connectivity index (χ1) is 11.6. The van der Waals surface area contributed by atoms with E-state index < -0.39 is 6.09 Å². The Morgan fingerprint density at radius 1 is 1.29 bits per heavy atom. The Balaban J connectivity index is 1.70. The lowest BCUT2D eigenvalue weighted by Gasteiger charge is -2.06. The molecule has 0 heterocycles. The van der Waals surface area contributed by atoms with Gasteiger partial charge in [0.15, 0.2) is 0 Å². The molecule has 0 fully saturated rings. The van der Waals surface area contributed by atoms with E-state index in [1.54, 1.807) is 18.2 Å². The van der Waals surface area contributed by atoms with E-state index >= 15 is 0 Å². The van der Waals surface area contributed by atoms with Crippen LogP contribution in [0.2, 0.25) is 5.02 Å². The smallest absolute Gasteiger partial charge is 0.407 e. The Kier molecular flexibility index (Phi) is 6.82. The predicted molar refractivity (Wildman–Crippen MR) is 94.4 cm³/mol. The monoisotopic (exact) mass is 347 g/mol. The average Bonchev–Trinajstić information content (AvgIpc) is 2.58.